The summed E-state index contributed by atoms with van der Waals surface area (Å²) in [5, 5.41) is 0.619. The molecule has 0 unspecified atom stereocenters. The Labute approximate surface area is 152 Å². The van der Waals surface area contributed by atoms with Gasteiger partial charge in [-0.05, 0) is 61.2 Å². The van der Waals surface area contributed by atoms with Gasteiger partial charge in [0.15, 0.2) is 6.61 Å². The summed E-state index contributed by atoms with van der Waals surface area (Å²) in [7, 11) is 0. The van der Waals surface area contributed by atoms with Gasteiger partial charge in [0.1, 0.15) is 5.75 Å². The maximum Gasteiger partial charge on any atom is 0.276 e. The molecule has 0 aromatic heterocycles. The van der Waals surface area contributed by atoms with E-state index in [0.29, 0.717) is 16.3 Å². The van der Waals surface area contributed by atoms with E-state index in [2.05, 4.69) is 10.9 Å². The van der Waals surface area contributed by atoms with E-state index in [-0.39, 0.29) is 12.5 Å². The molecule has 0 saturated carbocycles. The summed E-state index contributed by atoms with van der Waals surface area (Å²) in [4.78, 5) is 23.9. The van der Waals surface area contributed by atoms with Crippen LogP contribution in [0.5, 0.6) is 5.75 Å². The molecular formula is C19H21ClN2O3. The predicted octanol–water partition coefficient (Wildman–Crippen LogP) is 3.36. The minimum Gasteiger partial charge on any atom is -0.483 e. The van der Waals surface area contributed by atoms with Gasteiger partial charge in [-0.1, -0.05) is 30.7 Å². The number of rotatable bonds is 5. The molecule has 0 heterocycles. The number of hydrogen-bond acceptors (Lipinski definition) is 3. The lowest BCUT2D eigenvalue weighted by Crippen LogP contribution is -2.43. The highest BCUT2D eigenvalue weighted by atomic mass is 35.5. The minimum absolute atomic E-state index is 0.210. The third-order valence-corrected chi connectivity index (χ3v) is 3.93. The summed E-state index contributed by atoms with van der Waals surface area (Å²) < 4.78 is 5.53. The van der Waals surface area contributed by atoms with Gasteiger partial charge in [-0.2, -0.15) is 0 Å². The highest BCUT2D eigenvalue weighted by Gasteiger charge is 2.10. The maximum atomic E-state index is 12.0. The highest BCUT2D eigenvalue weighted by Crippen LogP contribution is 2.26. The van der Waals surface area contributed by atoms with Crippen LogP contribution in [-0.4, -0.2) is 18.4 Å². The zero-order valence-electron chi connectivity index (χ0n) is 14.5. The monoisotopic (exact) mass is 360 g/mol. The first-order valence-corrected chi connectivity index (χ1v) is 8.36. The molecule has 2 aromatic carbocycles. The maximum absolute atomic E-state index is 12.0. The molecule has 0 aliphatic heterocycles. The van der Waals surface area contributed by atoms with Crippen LogP contribution in [-0.2, 0) is 11.2 Å². The average Bonchev–Trinajstić information content (AvgIpc) is 2.58. The Morgan fingerprint density at radius 3 is 2.20 bits per heavy atom. The van der Waals surface area contributed by atoms with E-state index < -0.39 is 5.91 Å². The fourth-order valence-corrected chi connectivity index (χ4v) is 2.72. The second-order valence-corrected chi connectivity index (χ2v) is 6.15. The Kier molecular flexibility index (Phi) is 6.42. The van der Waals surface area contributed by atoms with Crippen LogP contribution in [0.4, 0.5) is 0 Å². The number of hydrogen-bond donors (Lipinski definition) is 2. The van der Waals surface area contributed by atoms with Crippen molar-refractivity contribution in [1.29, 1.82) is 0 Å². The van der Waals surface area contributed by atoms with E-state index in [0.717, 1.165) is 23.1 Å². The van der Waals surface area contributed by atoms with Gasteiger partial charge < -0.3 is 4.74 Å². The third kappa shape index (κ3) is 5.22. The topological polar surface area (TPSA) is 67.4 Å². The fraction of sp³-hybridized carbons (Fsp3) is 0.263. The molecule has 0 aliphatic rings. The molecule has 2 rings (SSSR count). The summed E-state index contributed by atoms with van der Waals surface area (Å²) in [5.74, 6) is -0.219. The van der Waals surface area contributed by atoms with Gasteiger partial charge in [0.25, 0.3) is 11.8 Å². The zero-order chi connectivity index (χ0) is 18.4. The fourth-order valence-electron chi connectivity index (χ4n) is 2.39. The first-order valence-electron chi connectivity index (χ1n) is 7.98. The van der Waals surface area contributed by atoms with Gasteiger partial charge in [-0.15, -0.1) is 0 Å². The molecule has 2 amide bonds. The van der Waals surface area contributed by atoms with Crippen LogP contribution in [0.15, 0.2) is 36.4 Å². The largest absolute Gasteiger partial charge is 0.483 e. The van der Waals surface area contributed by atoms with Crippen molar-refractivity contribution in [3.05, 3.63) is 63.7 Å². The van der Waals surface area contributed by atoms with Gasteiger partial charge in [0.2, 0.25) is 0 Å². The number of nitrogens with one attached hydrogen (secondary N) is 2. The van der Waals surface area contributed by atoms with Crippen LogP contribution >= 0.6 is 11.6 Å². The number of carbonyl (C=O) groups is 2. The molecule has 0 bridgehead atoms. The first kappa shape index (κ1) is 18.8. The quantitative estimate of drug-likeness (QED) is 0.803. The number of amides is 2. The van der Waals surface area contributed by atoms with Crippen LogP contribution < -0.4 is 15.6 Å². The average molecular weight is 361 g/mol. The SMILES string of the molecule is CCc1ccc(C(=O)NNC(=O)COc2c(C)cc(Cl)cc2C)cc1. The van der Waals surface area contributed by atoms with E-state index in [1.54, 1.807) is 24.3 Å². The Hall–Kier alpha value is -2.53. The number of ether oxygens (including phenoxy) is 1. The standard InChI is InChI=1S/C19H21ClN2O3/c1-4-14-5-7-15(8-6-14)19(24)22-21-17(23)11-25-18-12(2)9-16(20)10-13(18)3/h5-10H,4,11H2,1-3H3,(H,21,23)(H,22,24). The van der Waals surface area contributed by atoms with Crippen molar-refractivity contribution in [2.75, 3.05) is 6.61 Å². The summed E-state index contributed by atoms with van der Waals surface area (Å²) in [5.41, 5.74) is 8.02. The number of halogens is 1. The van der Waals surface area contributed by atoms with Crippen LogP contribution in [0.25, 0.3) is 0 Å². The van der Waals surface area contributed by atoms with Gasteiger partial charge >= 0.3 is 0 Å². The van der Waals surface area contributed by atoms with Gasteiger partial charge in [0, 0.05) is 10.6 Å². The van der Waals surface area contributed by atoms with Crippen molar-refractivity contribution >= 4 is 23.4 Å². The molecule has 0 fully saturated rings. The Morgan fingerprint density at radius 2 is 1.64 bits per heavy atom. The second-order valence-electron chi connectivity index (χ2n) is 5.71. The van der Waals surface area contributed by atoms with Crippen LogP contribution in [0.1, 0.15) is 34.0 Å². The number of benzene rings is 2. The third-order valence-electron chi connectivity index (χ3n) is 3.71. The lowest BCUT2D eigenvalue weighted by atomic mass is 10.1. The molecule has 0 saturated heterocycles. The number of hydrazine groups is 1. The summed E-state index contributed by atoms with van der Waals surface area (Å²) in [6, 6.07) is 10.7. The van der Waals surface area contributed by atoms with Gasteiger partial charge in [0.05, 0.1) is 0 Å². The summed E-state index contributed by atoms with van der Waals surface area (Å²) in [6.45, 7) is 5.54. The lowest BCUT2D eigenvalue weighted by Gasteiger charge is -2.13. The molecule has 0 atom stereocenters. The Morgan fingerprint density at radius 1 is 1.04 bits per heavy atom. The molecule has 2 N–H and O–H groups in total. The molecular weight excluding hydrogens is 340 g/mol. The van der Waals surface area contributed by atoms with E-state index in [9.17, 15) is 9.59 Å². The molecule has 5 nitrogen and oxygen atoms in total. The van der Waals surface area contributed by atoms with E-state index >= 15 is 0 Å². The lowest BCUT2D eigenvalue weighted by molar-refractivity contribution is -0.123. The van der Waals surface area contributed by atoms with E-state index in [1.165, 1.54) is 0 Å². The van der Waals surface area contributed by atoms with Crippen molar-refractivity contribution in [3.8, 4) is 5.75 Å². The smallest absolute Gasteiger partial charge is 0.276 e. The van der Waals surface area contributed by atoms with E-state index in [1.807, 2.05) is 32.9 Å². The number of aryl methyl sites for hydroxylation is 3. The normalized spacial score (nSPS) is 10.2. The molecule has 25 heavy (non-hydrogen) atoms. The highest BCUT2D eigenvalue weighted by molar-refractivity contribution is 6.30. The molecule has 2 aromatic rings. The van der Waals surface area contributed by atoms with Crippen LogP contribution in [0, 0.1) is 13.8 Å². The van der Waals surface area contributed by atoms with Gasteiger partial charge in [-0.25, -0.2) is 0 Å². The minimum atomic E-state index is -0.452. The van der Waals surface area contributed by atoms with Crippen molar-refractivity contribution in [2.24, 2.45) is 0 Å². The summed E-state index contributed by atoms with van der Waals surface area (Å²) in [6.07, 6.45) is 0.902. The second kappa shape index (κ2) is 8.53. The Balaban J connectivity index is 1.85. The Bertz CT molecular complexity index is 750. The van der Waals surface area contributed by atoms with Crippen LogP contribution in [0.2, 0.25) is 5.02 Å². The molecule has 0 spiro atoms. The number of carbonyl (C=O) groups excluding carboxylic acids is 2. The van der Waals surface area contributed by atoms with Crippen LogP contribution in [0.3, 0.4) is 0 Å². The first-order chi connectivity index (χ1) is 11.9. The van der Waals surface area contributed by atoms with Gasteiger partial charge in [-0.3, -0.25) is 20.4 Å². The zero-order valence-corrected chi connectivity index (χ0v) is 15.2. The molecule has 6 heteroatoms. The van der Waals surface area contributed by atoms with Crippen molar-refractivity contribution in [3.63, 3.8) is 0 Å². The molecule has 0 aliphatic carbocycles. The molecule has 0 radical (unpaired) electrons. The van der Waals surface area contributed by atoms with Crippen molar-refractivity contribution in [1.82, 2.24) is 10.9 Å². The molecule has 132 valence electrons. The van der Waals surface area contributed by atoms with Crippen molar-refractivity contribution < 1.29 is 14.3 Å². The van der Waals surface area contributed by atoms with Crippen molar-refractivity contribution in [2.45, 2.75) is 27.2 Å². The summed E-state index contributed by atoms with van der Waals surface area (Å²) >= 11 is 5.96. The predicted molar refractivity (Wildman–Crippen MR) is 97.8 cm³/mol. The van der Waals surface area contributed by atoms with E-state index in [4.69, 9.17) is 16.3 Å².